The summed E-state index contributed by atoms with van der Waals surface area (Å²) in [6, 6.07) is 0. The van der Waals surface area contributed by atoms with Crippen molar-refractivity contribution in [1.29, 1.82) is 0 Å². The molecule has 6 heteroatoms. The van der Waals surface area contributed by atoms with E-state index in [9.17, 15) is 4.79 Å². The minimum atomic E-state index is -0.875. The summed E-state index contributed by atoms with van der Waals surface area (Å²) < 4.78 is 0.710. The molecule has 0 amide bonds. The lowest BCUT2D eigenvalue weighted by molar-refractivity contribution is -0.137. The van der Waals surface area contributed by atoms with E-state index in [1.54, 1.807) is 6.92 Å². The second-order valence-corrected chi connectivity index (χ2v) is 6.92. The van der Waals surface area contributed by atoms with Gasteiger partial charge in [-0.3, -0.25) is 9.64 Å². The molecule has 3 nitrogen and oxygen atoms in total. The van der Waals surface area contributed by atoms with Crippen molar-refractivity contribution in [3.8, 4) is 0 Å². The van der Waals surface area contributed by atoms with Crippen molar-refractivity contribution in [2.75, 3.05) is 5.75 Å². The lowest BCUT2D eigenvalue weighted by Gasteiger charge is -2.15. The summed E-state index contributed by atoms with van der Waals surface area (Å²) in [6.45, 7) is 10.8. The van der Waals surface area contributed by atoms with Crippen molar-refractivity contribution in [2.45, 2.75) is 31.6 Å². The van der Waals surface area contributed by atoms with Crippen LogP contribution in [0.2, 0.25) is 0 Å². The van der Waals surface area contributed by atoms with Crippen molar-refractivity contribution < 1.29 is 9.90 Å². The summed E-state index contributed by atoms with van der Waals surface area (Å²) in [7, 11) is 0. The minimum Gasteiger partial charge on any atom is -0.481 e. The van der Waals surface area contributed by atoms with Gasteiger partial charge < -0.3 is 5.11 Å². The van der Waals surface area contributed by atoms with Gasteiger partial charge in [0.1, 0.15) is 3.53 Å². The maximum atomic E-state index is 10.4. The summed E-state index contributed by atoms with van der Waals surface area (Å²) in [5, 5.41) is 8.56. The van der Waals surface area contributed by atoms with E-state index in [4.69, 9.17) is 23.9 Å². The third-order valence-corrected chi connectivity index (χ3v) is 4.24. The van der Waals surface area contributed by atoms with Crippen LogP contribution < -0.4 is 0 Å². The first-order valence-corrected chi connectivity index (χ1v) is 6.60. The second kappa shape index (κ2) is 7.09. The van der Waals surface area contributed by atoms with Gasteiger partial charge in [0.25, 0.3) is 4.87 Å². The molecule has 0 aliphatic carbocycles. The van der Waals surface area contributed by atoms with Crippen LogP contribution in [0.3, 0.4) is 0 Å². The van der Waals surface area contributed by atoms with Crippen LogP contribution in [0.4, 0.5) is 0 Å². The summed E-state index contributed by atoms with van der Waals surface area (Å²) in [5.41, 5.74) is 0. The van der Waals surface area contributed by atoms with Crippen molar-refractivity contribution >= 4 is 45.2 Å². The zero-order chi connectivity index (χ0) is 11.9. The van der Waals surface area contributed by atoms with Crippen molar-refractivity contribution in [3.63, 3.8) is 0 Å². The highest BCUT2D eigenvalue weighted by atomic mass is 32.2. The first-order valence-electron chi connectivity index (χ1n) is 4.39. The lowest BCUT2D eigenvalue weighted by Crippen LogP contribution is -2.18. The number of thiocarbonyl (C=S) groups is 1. The predicted octanol–water partition coefficient (Wildman–Crippen LogP) is 3.26. The molecule has 0 heterocycles. The van der Waals surface area contributed by atoms with Gasteiger partial charge in [-0.1, -0.05) is 19.1 Å². The van der Waals surface area contributed by atoms with Crippen LogP contribution in [0.25, 0.3) is 4.85 Å². The molecule has 0 aliphatic rings. The summed E-state index contributed by atoms with van der Waals surface area (Å²) >= 11 is 7.88. The molecule has 0 radical (unpaired) electrons. The van der Waals surface area contributed by atoms with Crippen LogP contribution in [0.5, 0.6) is 0 Å². The summed E-state index contributed by atoms with van der Waals surface area (Å²) in [6.07, 6.45) is 0.326. The van der Waals surface area contributed by atoms with E-state index in [-0.39, 0.29) is 6.42 Å². The molecule has 0 saturated heterocycles. The number of hydrogen-bond donors (Lipinski definition) is 1. The Kier molecular flexibility index (Phi) is 6.98. The van der Waals surface area contributed by atoms with E-state index < -0.39 is 10.8 Å². The number of carboxylic acids is 1. The molecule has 0 aromatic heterocycles. The molecular formula is C9H13NO2S3. The molecule has 0 aromatic carbocycles. The average Bonchev–Trinajstić information content (AvgIpc) is 2.15. The standard InChI is InChI=1S/C9H13NO2S3/c1-4-14-8(13)15-9(2,10-3)6-5-7(11)12/h4-6H2,1-2H3,(H,11,12). The highest BCUT2D eigenvalue weighted by molar-refractivity contribution is 8.47. The van der Waals surface area contributed by atoms with Crippen LogP contribution in [0, 0.1) is 6.57 Å². The zero-order valence-corrected chi connectivity index (χ0v) is 11.1. The Bertz CT molecular complexity index is 288. The molecule has 0 bridgehead atoms. The molecule has 1 atom stereocenters. The maximum Gasteiger partial charge on any atom is 0.303 e. The van der Waals surface area contributed by atoms with Crippen LogP contribution in [-0.2, 0) is 4.79 Å². The molecule has 0 aliphatic heterocycles. The van der Waals surface area contributed by atoms with Gasteiger partial charge in [0.15, 0.2) is 0 Å². The first kappa shape index (κ1) is 14.8. The summed E-state index contributed by atoms with van der Waals surface area (Å²) in [4.78, 5) is 13.1. The van der Waals surface area contributed by atoms with Crippen LogP contribution >= 0.6 is 35.7 Å². The lowest BCUT2D eigenvalue weighted by atomic mass is 10.2. The molecule has 0 saturated carbocycles. The van der Waals surface area contributed by atoms with Crippen molar-refractivity contribution in [1.82, 2.24) is 0 Å². The fourth-order valence-electron chi connectivity index (χ4n) is 0.795. The Morgan fingerprint density at radius 3 is 2.67 bits per heavy atom. The van der Waals surface area contributed by atoms with Gasteiger partial charge in [0.2, 0.25) is 0 Å². The fourth-order valence-corrected chi connectivity index (χ4v) is 3.66. The molecule has 84 valence electrons. The molecule has 1 unspecified atom stereocenters. The molecule has 0 fully saturated rings. The van der Waals surface area contributed by atoms with Crippen molar-refractivity contribution in [2.24, 2.45) is 0 Å². The Morgan fingerprint density at radius 2 is 2.27 bits per heavy atom. The Balaban J connectivity index is 4.25. The number of aliphatic carboxylic acids is 1. The van der Waals surface area contributed by atoms with E-state index in [0.717, 1.165) is 5.75 Å². The Hall–Kier alpha value is -0.250. The van der Waals surface area contributed by atoms with E-state index in [1.807, 2.05) is 6.92 Å². The van der Waals surface area contributed by atoms with Gasteiger partial charge in [-0.05, 0) is 17.5 Å². The number of carbonyl (C=O) groups is 1. The smallest absolute Gasteiger partial charge is 0.303 e. The molecular weight excluding hydrogens is 250 g/mol. The van der Waals surface area contributed by atoms with Crippen LogP contribution in [-0.4, -0.2) is 25.2 Å². The molecule has 15 heavy (non-hydrogen) atoms. The zero-order valence-electron chi connectivity index (χ0n) is 8.65. The Morgan fingerprint density at radius 1 is 1.67 bits per heavy atom. The van der Waals surface area contributed by atoms with Gasteiger partial charge >= 0.3 is 5.97 Å². The van der Waals surface area contributed by atoms with Gasteiger partial charge in [-0.15, -0.1) is 11.8 Å². The minimum absolute atomic E-state index is 0.00524. The van der Waals surface area contributed by atoms with Gasteiger partial charge in [-0.2, -0.15) is 0 Å². The SMILES string of the molecule is [C-]#[N+]C(C)(CCC(=O)O)SC(=S)SCC. The fraction of sp³-hybridized carbons (Fsp3) is 0.667. The molecule has 0 aromatic rings. The monoisotopic (exact) mass is 263 g/mol. The normalized spacial score (nSPS) is 13.9. The summed E-state index contributed by atoms with van der Waals surface area (Å²) in [5.74, 6) is -0.00157. The highest BCUT2D eigenvalue weighted by Gasteiger charge is 2.33. The van der Waals surface area contributed by atoms with Crippen LogP contribution in [0.15, 0.2) is 0 Å². The second-order valence-electron chi connectivity index (χ2n) is 2.97. The number of rotatable bonds is 5. The highest BCUT2D eigenvalue weighted by Crippen LogP contribution is 2.36. The van der Waals surface area contributed by atoms with E-state index >= 15 is 0 Å². The van der Waals surface area contributed by atoms with E-state index in [1.165, 1.54) is 23.5 Å². The topological polar surface area (TPSA) is 41.7 Å². The van der Waals surface area contributed by atoms with Gasteiger partial charge in [0.05, 0.1) is 6.42 Å². The number of nitrogens with zero attached hydrogens (tertiary/aromatic N) is 1. The van der Waals surface area contributed by atoms with E-state index in [0.29, 0.717) is 9.95 Å². The predicted molar refractivity (Wildman–Crippen MR) is 70.2 cm³/mol. The van der Waals surface area contributed by atoms with Gasteiger partial charge in [-0.25, -0.2) is 6.57 Å². The largest absolute Gasteiger partial charge is 0.481 e. The van der Waals surface area contributed by atoms with Crippen LogP contribution in [0.1, 0.15) is 26.7 Å². The number of carboxylic acid groups (broad SMARTS) is 1. The third-order valence-electron chi connectivity index (χ3n) is 1.60. The van der Waals surface area contributed by atoms with E-state index in [2.05, 4.69) is 4.85 Å². The van der Waals surface area contributed by atoms with Crippen molar-refractivity contribution in [3.05, 3.63) is 11.4 Å². The first-order chi connectivity index (χ1) is 6.93. The molecule has 0 rings (SSSR count). The molecule has 1 N–H and O–H groups in total. The average molecular weight is 263 g/mol. The number of hydrogen-bond acceptors (Lipinski definition) is 4. The third kappa shape index (κ3) is 6.77. The number of thioether (sulfide) groups is 2. The maximum absolute atomic E-state index is 10.4. The van der Waals surface area contributed by atoms with Gasteiger partial charge in [0, 0.05) is 13.3 Å². The molecule has 0 spiro atoms. The Labute approximate surface area is 104 Å². The quantitative estimate of drug-likeness (QED) is 0.609.